The summed E-state index contributed by atoms with van der Waals surface area (Å²) in [6.07, 6.45) is 1.48. The van der Waals surface area contributed by atoms with Crippen LogP contribution in [0, 0.1) is 11.3 Å². The molecule has 1 aromatic heterocycles. The minimum absolute atomic E-state index is 0.0589. The molecule has 1 aliphatic carbocycles. The molecule has 2 aliphatic heterocycles. The van der Waals surface area contributed by atoms with E-state index in [9.17, 15) is 14.9 Å². The first-order valence-corrected chi connectivity index (χ1v) is 11.0. The number of ketones is 1. The van der Waals surface area contributed by atoms with Crippen LogP contribution in [0.3, 0.4) is 0 Å². The summed E-state index contributed by atoms with van der Waals surface area (Å²) in [5, 5.41) is 11.5. The Balaban J connectivity index is 1.65. The molecule has 170 valence electrons. The van der Waals surface area contributed by atoms with Crippen LogP contribution in [0.1, 0.15) is 26.4 Å². The Morgan fingerprint density at radius 1 is 1.09 bits per heavy atom. The topological polar surface area (TPSA) is 125 Å². The number of hydrogen-bond acceptors (Lipinski definition) is 7. The van der Waals surface area contributed by atoms with Gasteiger partial charge in [-0.25, -0.2) is 5.01 Å². The Hall–Kier alpha value is -4.75. The van der Waals surface area contributed by atoms with Gasteiger partial charge in [-0.1, -0.05) is 48.5 Å². The minimum Gasteiger partial charge on any atom is -0.444 e. The Kier molecular flexibility index (Phi) is 4.24. The Bertz CT molecular complexity index is 1500. The number of nitrogens with two attached hydrogens (primary N) is 1. The summed E-state index contributed by atoms with van der Waals surface area (Å²) in [7, 11) is 0. The van der Waals surface area contributed by atoms with Crippen molar-refractivity contribution in [1.29, 1.82) is 5.26 Å². The van der Waals surface area contributed by atoms with E-state index >= 15 is 0 Å². The van der Waals surface area contributed by atoms with E-state index in [0.717, 1.165) is 0 Å². The summed E-state index contributed by atoms with van der Waals surface area (Å²) in [5.41, 5.74) is 6.81. The van der Waals surface area contributed by atoms with Crippen LogP contribution in [0.2, 0.25) is 0 Å². The number of para-hydroxylation sites is 1. The van der Waals surface area contributed by atoms with Crippen LogP contribution in [-0.2, 0) is 10.5 Å². The van der Waals surface area contributed by atoms with Crippen molar-refractivity contribution >= 4 is 34.7 Å². The SMILES string of the molecule is N#CC1=C(N)O[C@]23c4ccccc4C(=O)[C@]12N(NC(=O)c1ccccn1)C(=S)N3c1ccccc1. The first-order valence-electron chi connectivity index (χ1n) is 10.6. The van der Waals surface area contributed by atoms with Gasteiger partial charge in [0, 0.05) is 23.0 Å². The number of fused-ring (bicyclic) bond motifs is 1. The highest BCUT2D eigenvalue weighted by Crippen LogP contribution is 2.63. The second-order valence-electron chi connectivity index (χ2n) is 8.13. The number of carbonyl (C=O) groups excluding carboxylic acids is 2. The molecule has 9 nitrogen and oxygen atoms in total. The van der Waals surface area contributed by atoms with E-state index in [-0.39, 0.29) is 22.3 Å². The molecule has 3 N–H and O–H groups in total. The predicted molar refractivity (Wildman–Crippen MR) is 128 cm³/mol. The number of ether oxygens (including phenoxy) is 1. The lowest BCUT2D eigenvalue weighted by molar-refractivity contribution is -0.0246. The molecule has 0 unspecified atom stereocenters. The number of nitrogens with zero attached hydrogens (tertiary/aromatic N) is 4. The van der Waals surface area contributed by atoms with Crippen LogP contribution >= 0.6 is 12.2 Å². The largest absolute Gasteiger partial charge is 0.444 e. The first kappa shape index (κ1) is 20.8. The number of pyridine rings is 1. The van der Waals surface area contributed by atoms with E-state index in [0.29, 0.717) is 16.8 Å². The van der Waals surface area contributed by atoms with Gasteiger partial charge in [-0.05, 0) is 36.5 Å². The van der Waals surface area contributed by atoms with Crippen LogP contribution in [0.15, 0.2) is 90.4 Å². The summed E-state index contributed by atoms with van der Waals surface area (Å²) >= 11 is 5.84. The highest BCUT2D eigenvalue weighted by atomic mass is 32.1. The third-order valence-electron chi connectivity index (χ3n) is 6.49. The van der Waals surface area contributed by atoms with Crippen molar-refractivity contribution in [2.24, 2.45) is 5.73 Å². The fourth-order valence-electron chi connectivity index (χ4n) is 5.18. The number of Topliss-reactive ketones (excluding diaryl/α,β-unsaturated/α-hetero) is 1. The van der Waals surface area contributed by atoms with Gasteiger partial charge in [-0.15, -0.1) is 0 Å². The van der Waals surface area contributed by atoms with E-state index in [1.54, 1.807) is 53.4 Å². The van der Waals surface area contributed by atoms with Gasteiger partial charge in [0.05, 0.1) is 0 Å². The van der Waals surface area contributed by atoms with Crippen molar-refractivity contribution in [2.45, 2.75) is 11.3 Å². The molecule has 0 bridgehead atoms. The number of aromatic nitrogens is 1. The van der Waals surface area contributed by atoms with E-state index < -0.39 is 23.0 Å². The van der Waals surface area contributed by atoms with Crippen LogP contribution in [-0.4, -0.2) is 32.3 Å². The molecule has 3 heterocycles. The predicted octanol–water partition coefficient (Wildman–Crippen LogP) is 2.35. The summed E-state index contributed by atoms with van der Waals surface area (Å²) < 4.78 is 6.29. The van der Waals surface area contributed by atoms with E-state index in [1.807, 2.05) is 18.2 Å². The number of thiocarbonyl (C=S) groups is 1. The highest BCUT2D eigenvalue weighted by Gasteiger charge is 2.83. The maximum atomic E-state index is 14.2. The number of carbonyl (C=O) groups is 2. The molecule has 3 aliphatic rings. The average Bonchev–Trinajstić information content (AvgIpc) is 3.36. The highest BCUT2D eigenvalue weighted by molar-refractivity contribution is 7.80. The van der Waals surface area contributed by atoms with Gasteiger partial charge in [-0.2, -0.15) is 5.26 Å². The minimum atomic E-state index is -1.88. The first-order chi connectivity index (χ1) is 17.0. The summed E-state index contributed by atoms with van der Waals surface area (Å²) in [6.45, 7) is 0. The van der Waals surface area contributed by atoms with Crippen molar-refractivity contribution in [3.63, 3.8) is 0 Å². The molecule has 2 atom stereocenters. The molecule has 1 fully saturated rings. The fraction of sp³-hybridized carbons (Fsp3) is 0.0800. The van der Waals surface area contributed by atoms with Crippen LogP contribution < -0.4 is 16.1 Å². The fourth-order valence-corrected chi connectivity index (χ4v) is 5.60. The molecule has 0 saturated carbocycles. The van der Waals surface area contributed by atoms with Crippen molar-refractivity contribution in [2.75, 3.05) is 4.90 Å². The maximum absolute atomic E-state index is 14.2. The monoisotopic (exact) mass is 480 g/mol. The zero-order valence-electron chi connectivity index (χ0n) is 18.0. The van der Waals surface area contributed by atoms with Crippen LogP contribution in [0.4, 0.5) is 5.69 Å². The molecule has 2 aromatic carbocycles. The van der Waals surface area contributed by atoms with E-state index in [2.05, 4.69) is 16.5 Å². The van der Waals surface area contributed by atoms with Crippen LogP contribution in [0.25, 0.3) is 0 Å². The lowest BCUT2D eigenvalue weighted by atomic mass is 9.81. The number of nitrogens with one attached hydrogen (secondary N) is 1. The van der Waals surface area contributed by atoms with Crippen molar-refractivity contribution in [3.8, 4) is 6.07 Å². The molecule has 0 spiro atoms. The van der Waals surface area contributed by atoms with Crippen LogP contribution in [0.5, 0.6) is 0 Å². The Labute approximate surface area is 205 Å². The number of benzene rings is 2. The smallest absolute Gasteiger partial charge is 0.288 e. The van der Waals surface area contributed by atoms with Gasteiger partial charge in [0.2, 0.25) is 17.2 Å². The average molecular weight is 481 g/mol. The number of rotatable bonds is 3. The molecule has 3 aromatic rings. The molecule has 35 heavy (non-hydrogen) atoms. The molecule has 10 heteroatoms. The van der Waals surface area contributed by atoms with Gasteiger partial charge in [0.25, 0.3) is 11.6 Å². The number of hydrogen-bond donors (Lipinski definition) is 2. The van der Waals surface area contributed by atoms with E-state index in [4.69, 9.17) is 22.7 Å². The second-order valence-corrected chi connectivity index (χ2v) is 8.49. The zero-order valence-corrected chi connectivity index (χ0v) is 18.8. The van der Waals surface area contributed by atoms with Gasteiger partial charge < -0.3 is 10.5 Å². The third-order valence-corrected chi connectivity index (χ3v) is 6.86. The number of anilines is 1. The molecule has 0 radical (unpaired) electrons. The lowest BCUT2D eigenvalue weighted by Crippen LogP contribution is -2.63. The summed E-state index contributed by atoms with van der Waals surface area (Å²) in [4.78, 5) is 33.2. The normalized spacial score (nSPS) is 24.0. The third kappa shape index (κ3) is 2.34. The molecule has 1 amide bonds. The Morgan fingerprint density at radius 3 is 2.51 bits per heavy atom. The molecular formula is C25H16N6O3S. The second kappa shape index (κ2) is 7.12. The van der Waals surface area contributed by atoms with Crippen molar-refractivity contribution < 1.29 is 14.3 Å². The van der Waals surface area contributed by atoms with Crippen molar-refractivity contribution in [1.82, 2.24) is 15.4 Å². The van der Waals surface area contributed by atoms with Crippen molar-refractivity contribution in [3.05, 3.63) is 107 Å². The summed E-state index contributed by atoms with van der Waals surface area (Å²) in [5.74, 6) is -1.29. The zero-order chi connectivity index (χ0) is 24.4. The molecule has 1 saturated heterocycles. The maximum Gasteiger partial charge on any atom is 0.288 e. The standard InChI is InChI=1S/C25H16N6O3S/c26-14-18-21(27)34-25-17-11-5-4-10-16(17)20(32)24(18,25)31(29-22(33)19-12-6-7-13-28-19)23(35)30(25)15-8-2-1-3-9-15/h1-13H,27H2,(H,29,33)/t24-,25-/m1/s1. The van der Waals surface area contributed by atoms with E-state index in [1.165, 1.54) is 17.3 Å². The number of amides is 1. The van der Waals surface area contributed by atoms with Gasteiger partial charge >= 0.3 is 0 Å². The van der Waals surface area contributed by atoms with Gasteiger partial charge in [-0.3, -0.25) is 24.9 Å². The van der Waals surface area contributed by atoms with Gasteiger partial charge in [0.15, 0.2) is 5.11 Å². The Morgan fingerprint density at radius 2 is 1.80 bits per heavy atom. The lowest BCUT2D eigenvalue weighted by Gasteiger charge is -2.38. The number of hydrazine groups is 1. The van der Waals surface area contributed by atoms with Gasteiger partial charge in [0.1, 0.15) is 17.3 Å². The molecular weight excluding hydrogens is 464 g/mol. The summed E-state index contributed by atoms with van der Waals surface area (Å²) in [6, 6.07) is 22.9. The molecule has 6 rings (SSSR count). The quantitative estimate of drug-likeness (QED) is 0.544. The number of nitriles is 1.